The number of nitrogens with one attached hydrogen (secondary N) is 1. The lowest BCUT2D eigenvalue weighted by atomic mass is 9.95. The maximum absolute atomic E-state index is 10.0. The van der Waals surface area contributed by atoms with Crippen LogP contribution in [0.2, 0.25) is 0 Å². The van der Waals surface area contributed by atoms with E-state index in [2.05, 4.69) is 32.2 Å². The Morgan fingerprint density at radius 2 is 1.89 bits per heavy atom. The van der Waals surface area contributed by atoms with E-state index >= 15 is 0 Å². The Morgan fingerprint density at radius 3 is 2.53 bits per heavy atom. The van der Waals surface area contributed by atoms with E-state index in [9.17, 15) is 5.11 Å². The van der Waals surface area contributed by atoms with E-state index in [0.29, 0.717) is 12.6 Å². The third-order valence-electron chi connectivity index (χ3n) is 3.79. The molecule has 1 unspecified atom stereocenters. The fourth-order valence-electron chi connectivity index (χ4n) is 2.65. The maximum Gasteiger partial charge on any atom is 0.0847 e. The van der Waals surface area contributed by atoms with Crippen molar-refractivity contribution in [1.29, 1.82) is 0 Å². The van der Waals surface area contributed by atoms with Crippen LogP contribution < -0.4 is 5.32 Å². The second-order valence-corrected chi connectivity index (χ2v) is 6.14. The van der Waals surface area contributed by atoms with Crippen molar-refractivity contribution in [1.82, 2.24) is 5.32 Å². The molecule has 0 spiro atoms. The molecule has 2 heteroatoms. The molecule has 1 atom stereocenters. The summed E-state index contributed by atoms with van der Waals surface area (Å²) in [6, 6.07) is 0.628. The zero-order chi connectivity index (χ0) is 14.1. The van der Waals surface area contributed by atoms with E-state index in [1.807, 2.05) is 6.08 Å². The van der Waals surface area contributed by atoms with Gasteiger partial charge < -0.3 is 10.4 Å². The summed E-state index contributed by atoms with van der Waals surface area (Å²) in [6.45, 7) is 7.07. The summed E-state index contributed by atoms with van der Waals surface area (Å²) < 4.78 is 0. The topological polar surface area (TPSA) is 32.3 Å². The molecule has 2 nitrogen and oxygen atoms in total. The van der Waals surface area contributed by atoms with Crippen LogP contribution in [0, 0.1) is 0 Å². The van der Waals surface area contributed by atoms with Crippen molar-refractivity contribution in [3.63, 3.8) is 0 Å². The molecule has 0 radical (unpaired) electrons. The molecule has 1 aliphatic rings. The van der Waals surface area contributed by atoms with Gasteiger partial charge in [-0.1, -0.05) is 42.6 Å². The van der Waals surface area contributed by atoms with Gasteiger partial charge in [-0.3, -0.25) is 0 Å². The summed E-state index contributed by atoms with van der Waals surface area (Å²) in [5, 5.41) is 13.5. The molecule has 0 aliphatic heterocycles. The lowest BCUT2D eigenvalue weighted by molar-refractivity contribution is 0.206. The minimum Gasteiger partial charge on any atom is -0.388 e. The van der Waals surface area contributed by atoms with Crippen molar-refractivity contribution in [2.45, 2.75) is 77.9 Å². The molecule has 0 bridgehead atoms. The smallest absolute Gasteiger partial charge is 0.0847 e. The highest BCUT2D eigenvalue weighted by Gasteiger charge is 2.13. The zero-order valence-electron chi connectivity index (χ0n) is 12.9. The largest absolute Gasteiger partial charge is 0.388 e. The molecule has 110 valence electrons. The molecule has 1 aliphatic carbocycles. The predicted molar refractivity (Wildman–Crippen MR) is 83.3 cm³/mol. The van der Waals surface area contributed by atoms with E-state index in [1.54, 1.807) is 0 Å². The molecule has 0 heterocycles. The van der Waals surface area contributed by atoms with Gasteiger partial charge in [0.25, 0.3) is 0 Å². The Morgan fingerprint density at radius 1 is 1.21 bits per heavy atom. The zero-order valence-corrected chi connectivity index (χ0v) is 12.9. The average Bonchev–Trinajstić information content (AvgIpc) is 2.37. The Bertz CT molecular complexity index is 296. The molecule has 19 heavy (non-hydrogen) atoms. The van der Waals surface area contributed by atoms with Crippen LogP contribution >= 0.6 is 0 Å². The lowest BCUT2D eigenvalue weighted by Gasteiger charge is -2.23. The van der Waals surface area contributed by atoms with E-state index in [-0.39, 0.29) is 6.10 Å². The Hall–Kier alpha value is -0.600. The standard InChI is InChI=1S/C17H31NO/c1-14(2)8-7-9-15(3)12-17(19)13-18-16-10-5-4-6-11-16/h8,12,16-19H,4-7,9-11,13H2,1-3H3. The monoisotopic (exact) mass is 265 g/mol. The van der Waals surface area contributed by atoms with Crippen molar-refractivity contribution in [2.24, 2.45) is 0 Å². The number of rotatable bonds is 7. The van der Waals surface area contributed by atoms with E-state index in [0.717, 1.165) is 12.8 Å². The minimum absolute atomic E-state index is 0.339. The molecule has 0 aromatic carbocycles. The van der Waals surface area contributed by atoms with Crippen LogP contribution in [-0.4, -0.2) is 23.8 Å². The molecule has 2 N–H and O–H groups in total. The van der Waals surface area contributed by atoms with Gasteiger partial charge in [0.1, 0.15) is 0 Å². The van der Waals surface area contributed by atoms with Gasteiger partial charge in [0.05, 0.1) is 6.10 Å². The summed E-state index contributed by atoms with van der Waals surface area (Å²) >= 11 is 0. The number of aliphatic hydroxyl groups is 1. The van der Waals surface area contributed by atoms with Gasteiger partial charge in [-0.15, -0.1) is 0 Å². The lowest BCUT2D eigenvalue weighted by Crippen LogP contribution is -2.36. The van der Waals surface area contributed by atoms with Crippen molar-refractivity contribution < 1.29 is 5.11 Å². The second-order valence-electron chi connectivity index (χ2n) is 6.14. The molecule has 0 aromatic heterocycles. The highest BCUT2D eigenvalue weighted by molar-refractivity contribution is 5.05. The molecular formula is C17H31NO. The molecular weight excluding hydrogens is 234 g/mol. The van der Waals surface area contributed by atoms with Crippen LogP contribution in [0.3, 0.4) is 0 Å². The molecule has 0 aromatic rings. The molecule has 1 saturated carbocycles. The Kier molecular flexibility index (Phi) is 8.08. The molecule has 1 fully saturated rings. The van der Waals surface area contributed by atoms with E-state index in [1.165, 1.54) is 43.3 Å². The summed E-state index contributed by atoms with van der Waals surface area (Å²) in [6.07, 6.45) is 12.7. The van der Waals surface area contributed by atoms with Crippen LogP contribution in [0.25, 0.3) is 0 Å². The van der Waals surface area contributed by atoms with Crippen molar-refractivity contribution in [3.05, 3.63) is 23.3 Å². The minimum atomic E-state index is -0.339. The van der Waals surface area contributed by atoms with Gasteiger partial charge in [0.15, 0.2) is 0 Å². The molecule has 0 amide bonds. The summed E-state index contributed by atoms with van der Waals surface area (Å²) in [4.78, 5) is 0. The summed E-state index contributed by atoms with van der Waals surface area (Å²) in [7, 11) is 0. The molecule has 1 rings (SSSR count). The summed E-state index contributed by atoms with van der Waals surface area (Å²) in [5.41, 5.74) is 2.66. The number of hydrogen-bond donors (Lipinski definition) is 2. The van der Waals surface area contributed by atoms with Crippen LogP contribution in [0.1, 0.15) is 65.7 Å². The van der Waals surface area contributed by atoms with Crippen molar-refractivity contribution in [2.75, 3.05) is 6.54 Å². The van der Waals surface area contributed by atoms with Crippen molar-refractivity contribution >= 4 is 0 Å². The highest BCUT2D eigenvalue weighted by Crippen LogP contribution is 2.17. The normalized spacial score (nSPS) is 19.3. The highest BCUT2D eigenvalue weighted by atomic mass is 16.3. The van der Waals surface area contributed by atoms with Gasteiger partial charge in [0.2, 0.25) is 0 Å². The van der Waals surface area contributed by atoms with Gasteiger partial charge >= 0.3 is 0 Å². The summed E-state index contributed by atoms with van der Waals surface area (Å²) in [5.74, 6) is 0. The first-order valence-electron chi connectivity index (χ1n) is 7.80. The quantitative estimate of drug-likeness (QED) is 0.683. The van der Waals surface area contributed by atoms with Gasteiger partial charge in [0, 0.05) is 12.6 Å². The van der Waals surface area contributed by atoms with Gasteiger partial charge in [-0.2, -0.15) is 0 Å². The SMILES string of the molecule is CC(C)=CCCC(C)=CC(O)CNC1CCCCC1. The fraction of sp³-hybridized carbons (Fsp3) is 0.765. The number of allylic oxidation sites excluding steroid dienone is 3. The Labute approximate surface area is 119 Å². The van der Waals surface area contributed by atoms with Crippen LogP contribution in [0.4, 0.5) is 0 Å². The van der Waals surface area contributed by atoms with E-state index < -0.39 is 0 Å². The van der Waals surface area contributed by atoms with Gasteiger partial charge in [-0.05, 0) is 46.5 Å². The van der Waals surface area contributed by atoms with Crippen molar-refractivity contribution in [3.8, 4) is 0 Å². The second kappa shape index (κ2) is 9.33. The first-order chi connectivity index (χ1) is 9.08. The number of hydrogen-bond acceptors (Lipinski definition) is 2. The molecule has 0 saturated heterocycles. The van der Waals surface area contributed by atoms with E-state index in [4.69, 9.17) is 0 Å². The van der Waals surface area contributed by atoms with Crippen LogP contribution in [0.15, 0.2) is 23.3 Å². The maximum atomic E-state index is 10.0. The third-order valence-corrected chi connectivity index (χ3v) is 3.79. The third kappa shape index (κ3) is 8.22. The first-order valence-corrected chi connectivity index (χ1v) is 7.80. The average molecular weight is 265 g/mol. The number of aliphatic hydroxyl groups excluding tert-OH is 1. The van der Waals surface area contributed by atoms with Gasteiger partial charge in [-0.25, -0.2) is 0 Å². The fourth-order valence-corrected chi connectivity index (χ4v) is 2.65. The van der Waals surface area contributed by atoms with Crippen LogP contribution in [0.5, 0.6) is 0 Å². The Balaban J connectivity index is 2.20. The first kappa shape index (κ1) is 16.5. The predicted octanol–water partition coefficient (Wildman–Crippen LogP) is 3.96. The van der Waals surface area contributed by atoms with Crippen LogP contribution in [-0.2, 0) is 0 Å².